The van der Waals surface area contributed by atoms with E-state index in [1.807, 2.05) is 26.0 Å². The predicted octanol–water partition coefficient (Wildman–Crippen LogP) is 2.16. The smallest absolute Gasteiger partial charge is 0.230 e. The van der Waals surface area contributed by atoms with Crippen molar-refractivity contribution >= 4 is 34.5 Å². The topological polar surface area (TPSA) is 55.1 Å². The Labute approximate surface area is 105 Å². The van der Waals surface area contributed by atoms with Crippen LogP contribution in [0, 0.1) is 12.8 Å². The van der Waals surface area contributed by atoms with Gasteiger partial charge in [0.05, 0.1) is 16.9 Å². The zero-order chi connectivity index (χ0) is 12.3. The molecule has 2 atom stereocenters. The molecule has 0 radical (unpaired) electrons. The number of hydrogen-bond donors (Lipinski definition) is 2. The van der Waals surface area contributed by atoms with E-state index in [0.29, 0.717) is 0 Å². The third-order valence-electron chi connectivity index (χ3n) is 2.37. The van der Waals surface area contributed by atoms with Crippen LogP contribution >= 0.6 is 23.6 Å². The van der Waals surface area contributed by atoms with E-state index < -0.39 is 5.92 Å². The molecule has 0 aliphatic carbocycles. The highest BCUT2D eigenvalue weighted by molar-refractivity contribution is 7.80. The molecule has 1 heterocycles. The van der Waals surface area contributed by atoms with E-state index in [1.54, 1.807) is 18.3 Å². The summed E-state index contributed by atoms with van der Waals surface area (Å²) in [5.41, 5.74) is 5.43. The number of nitrogens with one attached hydrogen (secondary N) is 1. The molecule has 1 aromatic heterocycles. The summed E-state index contributed by atoms with van der Waals surface area (Å²) in [5, 5.41) is 2.89. The van der Waals surface area contributed by atoms with Crippen molar-refractivity contribution in [3.8, 4) is 0 Å². The minimum absolute atomic E-state index is 0.00278. The van der Waals surface area contributed by atoms with Crippen LogP contribution in [-0.2, 0) is 4.79 Å². The number of thiocarbonyl (C=S) groups is 1. The van der Waals surface area contributed by atoms with E-state index in [9.17, 15) is 4.79 Å². The van der Waals surface area contributed by atoms with Gasteiger partial charge in [-0.25, -0.2) is 0 Å². The Morgan fingerprint density at radius 2 is 2.12 bits per heavy atom. The first kappa shape index (κ1) is 13.1. The molecule has 3 N–H and O–H groups in total. The van der Waals surface area contributed by atoms with Gasteiger partial charge in [0.1, 0.15) is 0 Å². The number of amides is 1. The molecule has 1 aromatic rings. The Morgan fingerprint density at radius 1 is 1.50 bits per heavy atom. The monoisotopic (exact) mass is 256 g/mol. The molecule has 0 aromatic carbocycles. The van der Waals surface area contributed by atoms with Gasteiger partial charge in [0, 0.05) is 9.75 Å². The normalized spacial score (nSPS) is 14.2. The average molecular weight is 256 g/mol. The Bertz CT molecular complexity index is 400. The zero-order valence-corrected chi connectivity index (χ0v) is 11.2. The van der Waals surface area contributed by atoms with Crippen LogP contribution in [0.2, 0.25) is 0 Å². The summed E-state index contributed by atoms with van der Waals surface area (Å²) in [4.78, 5) is 14.3. The van der Waals surface area contributed by atoms with Crippen LogP contribution in [0.25, 0.3) is 0 Å². The lowest BCUT2D eigenvalue weighted by molar-refractivity contribution is -0.123. The van der Waals surface area contributed by atoms with Gasteiger partial charge < -0.3 is 11.1 Å². The lowest BCUT2D eigenvalue weighted by Gasteiger charge is -2.15. The van der Waals surface area contributed by atoms with Gasteiger partial charge in [0.15, 0.2) is 0 Å². The molecule has 0 bridgehead atoms. The van der Waals surface area contributed by atoms with E-state index in [2.05, 4.69) is 5.32 Å². The van der Waals surface area contributed by atoms with Crippen molar-refractivity contribution in [2.24, 2.45) is 11.7 Å². The summed E-state index contributed by atoms with van der Waals surface area (Å²) < 4.78 is 0. The molecule has 0 spiro atoms. The largest absolute Gasteiger partial charge is 0.393 e. The molecule has 3 nitrogen and oxygen atoms in total. The summed E-state index contributed by atoms with van der Waals surface area (Å²) >= 11 is 6.47. The van der Waals surface area contributed by atoms with Crippen molar-refractivity contribution in [1.82, 2.24) is 5.32 Å². The van der Waals surface area contributed by atoms with Crippen LogP contribution in [0.4, 0.5) is 0 Å². The van der Waals surface area contributed by atoms with Crippen molar-refractivity contribution in [1.29, 1.82) is 0 Å². The zero-order valence-electron chi connectivity index (χ0n) is 9.61. The van der Waals surface area contributed by atoms with E-state index in [-0.39, 0.29) is 16.9 Å². The predicted molar refractivity (Wildman–Crippen MR) is 71.6 cm³/mol. The average Bonchev–Trinajstić information content (AvgIpc) is 2.63. The Kier molecular flexibility index (Phi) is 4.44. The fraction of sp³-hybridized carbons (Fsp3) is 0.455. The van der Waals surface area contributed by atoms with Crippen molar-refractivity contribution in [3.05, 3.63) is 21.9 Å². The molecule has 2 unspecified atom stereocenters. The Morgan fingerprint density at radius 3 is 2.56 bits per heavy atom. The maximum Gasteiger partial charge on any atom is 0.230 e. The Hall–Kier alpha value is -0.940. The van der Waals surface area contributed by atoms with E-state index in [1.165, 1.54) is 4.88 Å². The quantitative estimate of drug-likeness (QED) is 0.812. The lowest BCUT2D eigenvalue weighted by Crippen LogP contribution is -2.37. The highest BCUT2D eigenvalue weighted by Gasteiger charge is 2.18. The van der Waals surface area contributed by atoms with Crippen molar-refractivity contribution in [2.75, 3.05) is 0 Å². The van der Waals surface area contributed by atoms with Gasteiger partial charge >= 0.3 is 0 Å². The number of rotatable bonds is 4. The molecule has 5 heteroatoms. The standard InChI is InChI=1S/C11H16N2OS2/c1-6-4-5-9(16-6)8(3)13-11(14)7(2)10(12)15/h4-5,7-8H,1-3H3,(H2,12,15)(H,13,14). The summed E-state index contributed by atoms with van der Waals surface area (Å²) in [6.45, 7) is 5.71. The molecule has 0 saturated heterocycles. The van der Waals surface area contributed by atoms with Crippen molar-refractivity contribution in [2.45, 2.75) is 26.8 Å². The first-order chi connectivity index (χ1) is 7.41. The van der Waals surface area contributed by atoms with Crippen molar-refractivity contribution < 1.29 is 4.79 Å². The summed E-state index contributed by atoms with van der Waals surface area (Å²) in [6, 6.07) is 4.07. The molecular weight excluding hydrogens is 240 g/mol. The van der Waals surface area contributed by atoms with Crippen LogP contribution in [0.3, 0.4) is 0 Å². The number of nitrogens with two attached hydrogens (primary N) is 1. The van der Waals surface area contributed by atoms with E-state index in [4.69, 9.17) is 18.0 Å². The first-order valence-electron chi connectivity index (χ1n) is 5.08. The van der Waals surface area contributed by atoms with Crippen LogP contribution in [0.15, 0.2) is 12.1 Å². The van der Waals surface area contributed by atoms with Gasteiger partial charge in [-0.15, -0.1) is 11.3 Å². The first-order valence-corrected chi connectivity index (χ1v) is 6.30. The number of carbonyl (C=O) groups is 1. The number of carbonyl (C=O) groups excluding carboxylic acids is 1. The number of thiophene rings is 1. The maximum atomic E-state index is 11.7. The molecule has 0 aliphatic heterocycles. The second-order valence-electron chi connectivity index (χ2n) is 3.80. The fourth-order valence-electron chi connectivity index (χ4n) is 1.22. The minimum Gasteiger partial charge on any atom is -0.393 e. The molecule has 0 aliphatic rings. The molecule has 1 amide bonds. The van der Waals surface area contributed by atoms with Crippen LogP contribution in [0.5, 0.6) is 0 Å². The van der Waals surface area contributed by atoms with Crippen LogP contribution in [-0.4, -0.2) is 10.9 Å². The number of hydrogen-bond acceptors (Lipinski definition) is 3. The highest BCUT2D eigenvalue weighted by Crippen LogP contribution is 2.22. The van der Waals surface area contributed by atoms with Gasteiger partial charge in [-0.1, -0.05) is 12.2 Å². The highest BCUT2D eigenvalue weighted by atomic mass is 32.1. The molecule has 1 rings (SSSR count). The molecule has 0 saturated carbocycles. The second kappa shape index (κ2) is 5.41. The van der Waals surface area contributed by atoms with Gasteiger partial charge in [0.25, 0.3) is 0 Å². The minimum atomic E-state index is -0.418. The van der Waals surface area contributed by atoms with E-state index in [0.717, 1.165) is 4.88 Å². The van der Waals surface area contributed by atoms with Gasteiger partial charge in [-0.2, -0.15) is 0 Å². The molecule has 0 fully saturated rings. The number of aryl methyl sites for hydroxylation is 1. The maximum absolute atomic E-state index is 11.7. The third kappa shape index (κ3) is 3.28. The van der Waals surface area contributed by atoms with Crippen LogP contribution in [0.1, 0.15) is 29.6 Å². The summed E-state index contributed by atoms with van der Waals surface area (Å²) in [7, 11) is 0. The molecular formula is C11H16N2OS2. The van der Waals surface area contributed by atoms with Gasteiger partial charge in [-0.3, -0.25) is 4.79 Å². The van der Waals surface area contributed by atoms with Gasteiger partial charge in [0.2, 0.25) is 5.91 Å². The van der Waals surface area contributed by atoms with E-state index >= 15 is 0 Å². The second-order valence-corrected chi connectivity index (χ2v) is 5.59. The summed E-state index contributed by atoms with van der Waals surface area (Å²) in [6.07, 6.45) is 0. The van der Waals surface area contributed by atoms with Crippen LogP contribution < -0.4 is 11.1 Å². The van der Waals surface area contributed by atoms with Crippen molar-refractivity contribution in [3.63, 3.8) is 0 Å². The lowest BCUT2D eigenvalue weighted by atomic mass is 10.1. The molecule has 16 heavy (non-hydrogen) atoms. The van der Waals surface area contributed by atoms with Gasteiger partial charge in [-0.05, 0) is 32.9 Å². The Balaban J connectivity index is 2.61. The fourth-order valence-corrected chi connectivity index (χ4v) is 2.21. The SMILES string of the molecule is Cc1ccc(C(C)NC(=O)C(C)C(N)=S)s1. The summed E-state index contributed by atoms with van der Waals surface area (Å²) in [5.74, 6) is -0.537. The third-order valence-corrected chi connectivity index (χ3v) is 3.90. The molecule has 88 valence electrons.